The first kappa shape index (κ1) is 28.8. The molecular weight excluding hydrogens is 577 g/mol. The average Bonchev–Trinajstić information content (AvgIpc) is 3.45. The van der Waals surface area contributed by atoms with E-state index in [2.05, 4.69) is 4.90 Å². The third kappa shape index (κ3) is 6.14. The molecule has 0 saturated carbocycles. The molecule has 0 atom stereocenters. The predicted octanol–water partition coefficient (Wildman–Crippen LogP) is 3.76. The summed E-state index contributed by atoms with van der Waals surface area (Å²) in [5, 5.41) is -0.264. The molecule has 3 aromatic rings. The lowest BCUT2D eigenvalue weighted by Crippen LogP contribution is -2.51. The molecule has 0 bridgehead atoms. The molecule has 0 aliphatic carbocycles. The summed E-state index contributed by atoms with van der Waals surface area (Å²) in [5.74, 6) is 0.890. The molecule has 2 aliphatic rings. The molecule has 0 aromatic heterocycles. The van der Waals surface area contributed by atoms with Crippen LogP contribution in [0.25, 0.3) is 0 Å². The molecule has 10 nitrogen and oxygen atoms in total. The number of halogens is 2. The van der Waals surface area contributed by atoms with Gasteiger partial charge in [0.2, 0.25) is 12.7 Å². The summed E-state index contributed by atoms with van der Waals surface area (Å²) in [6.07, 6.45) is 0. The molecule has 13 heteroatoms. The van der Waals surface area contributed by atoms with Crippen molar-refractivity contribution >= 4 is 33.2 Å². The molecule has 1 saturated heterocycles. The Morgan fingerprint density at radius 2 is 1.68 bits per heavy atom. The van der Waals surface area contributed by atoms with Crippen LogP contribution < -0.4 is 23.3 Å². The Morgan fingerprint density at radius 3 is 2.39 bits per heavy atom. The largest absolute Gasteiger partial charge is 0.493 e. The fourth-order valence-corrected chi connectivity index (χ4v) is 6.33. The van der Waals surface area contributed by atoms with Gasteiger partial charge in [0.1, 0.15) is 12.4 Å². The number of amides is 1. The summed E-state index contributed by atoms with van der Waals surface area (Å²) in [5.41, 5.74) is 1.12. The van der Waals surface area contributed by atoms with E-state index < -0.39 is 28.3 Å². The highest BCUT2D eigenvalue weighted by molar-refractivity contribution is 7.92. The van der Waals surface area contributed by atoms with E-state index in [-0.39, 0.29) is 28.1 Å². The zero-order chi connectivity index (χ0) is 29.1. The number of fused-ring (bicyclic) bond motifs is 1. The minimum absolute atomic E-state index is 0.0565. The number of benzene rings is 3. The highest BCUT2D eigenvalue weighted by atomic mass is 35.5. The Balaban J connectivity index is 1.32. The maximum absolute atomic E-state index is 14.0. The number of methoxy groups -OCH3 is 2. The predicted molar refractivity (Wildman–Crippen MR) is 150 cm³/mol. The van der Waals surface area contributed by atoms with Crippen LogP contribution in [-0.4, -0.2) is 77.9 Å². The second-order valence-corrected chi connectivity index (χ2v) is 11.7. The number of carbonyl (C=O) groups is 1. The first-order valence-corrected chi connectivity index (χ1v) is 14.6. The summed E-state index contributed by atoms with van der Waals surface area (Å²) in [6, 6.07) is 13.5. The number of nitrogens with zero attached hydrogens (tertiary/aromatic N) is 3. The summed E-state index contributed by atoms with van der Waals surface area (Å²) < 4.78 is 63.9. The van der Waals surface area contributed by atoms with Gasteiger partial charge in [-0.15, -0.1) is 0 Å². The molecule has 0 spiro atoms. The van der Waals surface area contributed by atoms with Crippen LogP contribution in [0.2, 0.25) is 5.02 Å². The third-order valence-electron chi connectivity index (χ3n) is 6.98. The second-order valence-electron chi connectivity index (χ2n) is 9.47. The van der Waals surface area contributed by atoms with E-state index in [1.807, 2.05) is 18.2 Å². The van der Waals surface area contributed by atoms with Crippen molar-refractivity contribution in [1.29, 1.82) is 0 Å². The van der Waals surface area contributed by atoms with Crippen LogP contribution in [0.3, 0.4) is 0 Å². The van der Waals surface area contributed by atoms with Gasteiger partial charge in [-0.2, -0.15) is 0 Å². The van der Waals surface area contributed by atoms with Crippen molar-refractivity contribution in [3.63, 3.8) is 0 Å². The number of piperazine rings is 1. The zero-order valence-electron chi connectivity index (χ0n) is 22.5. The molecule has 2 aliphatic heterocycles. The van der Waals surface area contributed by atoms with Gasteiger partial charge in [-0.1, -0.05) is 17.7 Å². The maximum atomic E-state index is 14.0. The lowest BCUT2D eigenvalue weighted by atomic mass is 10.1. The first-order chi connectivity index (χ1) is 19.7. The lowest BCUT2D eigenvalue weighted by Gasteiger charge is -2.36. The molecular formula is C28H29ClFN3O7S. The molecule has 41 heavy (non-hydrogen) atoms. The van der Waals surface area contributed by atoms with Crippen molar-refractivity contribution in [3.05, 3.63) is 71.0 Å². The van der Waals surface area contributed by atoms with Gasteiger partial charge in [-0.3, -0.25) is 14.0 Å². The maximum Gasteiger partial charge on any atom is 0.264 e. The van der Waals surface area contributed by atoms with E-state index in [1.54, 1.807) is 4.90 Å². The van der Waals surface area contributed by atoms with E-state index >= 15 is 0 Å². The van der Waals surface area contributed by atoms with E-state index in [4.69, 9.17) is 30.5 Å². The van der Waals surface area contributed by atoms with E-state index in [0.717, 1.165) is 21.7 Å². The molecule has 218 valence electrons. The molecule has 2 heterocycles. The number of ether oxygens (including phenoxy) is 4. The number of hydrogen-bond acceptors (Lipinski definition) is 8. The number of carbonyl (C=O) groups excluding carboxylic acids is 1. The van der Waals surface area contributed by atoms with Gasteiger partial charge >= 0.3 is 0 Å². The molecule has 5 rings (SSSR count). The standard InChI is InChI=1S/C28H29ClFN3O7S/c1-37-24-8-5-21(15-26(24)38-2)41(35,36)33(20-4-6-23(30)22(29)14-20)17-28(34)32-11-9-31(10-12-32)16-19-3-7-25-27(13-19)40-18-39-25/h3-8,13-15H,9-12,16-18H2,1-2H3. The van der Waals surface area contributed by atoms with E-state index in [1.165, 1.54) is 44.6 Å². The van der Waals surface area contributed by atoms with Crippen molar-refractivity contribution in [2.75, 3.05) is 58.0 Å². The minimum atomic E-state index is -4.29. The van der Waals surface area contributed by atoms with Crippen molar-refractivity contribution in [2.24, 2.45) is 0 Å². The van der Waals surface area contributed by atoms with E-state index in [0.29, 0.717) is 44.2 Å². The third-order valence-corrected chi connectivity index (χ3v) is 9.04. The second kappa shape index (κ2) is 12.0. The number of anilines is 1. The highest BCUT2D eigenvalue weighted by Crippen LogP contribution is 2.34. The highest BCUT2D eigenvalue weighted by Gasteiger charge is 2.31. The summed E-state index contributed by atoms with van der Waals surface area (Å²) in [4.78, 5) is 17.2. The number of rotatable bonds is 9. The average molecular weight is 606 g/mol. The van der Waals surface area contributed by atoms with Gasteiger partial charge < -0.3 is 23.8 Å². The van der Waals surface area contributed by atoms with Crippen LogP contribution in [-0.2, 0) is 21.4 Å². The molecule has 0 N–H and O–H groups in total. The Morgan fingerprint density at radius 1 is 0.951 bits per heavy atom. The fraction of sp³-hybridized carbons (Fsp3) is 0.321. The van der Waals surface area contributed by atoms with Crippen LogP contribution >= 0.6 is 11.6 Å². The number of sulfonamides is 1. The molecule has 1 amide bonds. The van der Waals surface area contributed by atoms with Gasteiger partial charge in [0.25, 0.3) is 10.0 Å². The Bertz CT molecular complexity index is 1550. The monoisotopic (exact) mass is 605 g/mol. The number of hydrogen-bond donors (Lipinski definition) is 0. The van der Waals surface area contributed by atoms with Gasteiger partial charge in [0, 0.05) is 38.8 Å². The fourth-order valence-electron chi connectivity index (χ4n) is 4.74. The van der Waals surface area contributed by atoms with Gasteiger partial charge in [0.15, 0.2) is 23.0 Å². The Hall–Kier alpha value is -3.74. The molecule has 0 unspecified atom stereocenters. The molecule has 1 fully saturated rings. The summed E-state index contributed by atoms with van der Waals surface area (Å²) in [7, 11) is -1.47. The quantitative estimate of drug-likeness (QED) is 0.364. The lowest BCUT2D eigenvalue weighted by molar-refractivity contribution is -0.131. The van der Waals surface area contributed by atoms with Crippen molar-refractivity contribution in [3.8, 4) is 23.0 Å². The smallest absolute Gasteiger partial charge is 0.264 e. The Labute approximate surface area is 242 Å². The first-order valence-electron chi connectivity index (χ1n) is 12.8. The summed E-state index contributed by atoms with van der Waals surface area (Å²) >= 11 is 5.99. The SMILES string of the molecule is COc1ccc(S(=O)(=O)N(CC(=O)N2CCN(Cc3ccc4c(c3)OCO4)CC2)c2ccc(F)c(Cl)c2)cc1OC. The van der Waals surface area contributed by atoms with Crippen molar-refractivity contribution in [1.82, 2.24) is 9.80 Å². The van der Waals surface area contributed by atoms with E-state index in [9.17, 15) is 17.6 Å². The van der Waals surface area contributed by atoms with Crippen LogP contribution in [0, 0.1) is 5.82 Å². The zero-order valence-corrected chi connectivity index (χ0v) is 24.1. The van der Waals surface area contributed by atoms with Crippen LogP contribution in [0.1, 0.15) is 5.56 Å². The van der Waals surface area contributed by atoms with Crippen molar-refractivity contribution < 1.29 is 36.6 Å². The van der Waals surface area contributed by atoms with Crippen molar-refractivity contribution in [2.45, 2.75) is 11.4 Å². The normalized spacial score (nSPS) is 15.1. The van der Waals surface area contributed by atoms with Gasteiger partial charge in [0.05, 0.1) is 29.8 Å². The minimum Gasteiger partial charge on any atom is -0.493 e. The topological polar surface area (TPSA) is 97.9 Å². The van der Waals surface area contributed by atoms with Crippen LogP contribution in [0.5, 0.6) is 23.0 Å². The van der Waals surface area contributed by atoms with Gasteiger partial charge in [-0.25, -0.2) is 12.8 Å². The Kier molecular flexibility index (Phi) is 8.43. The molecule has 3 aromatic carbocycles. The van der Waals surface area contributed by atoms with Gasteiger partial charge in [-0.05, 0) is 48.0 Å². The van der Waals surface area contributed by atoms with Crippen LogP contribution in [0.15, 0.2) is 59.5 Å². The van der Waals surface area contributed by atoms with Crippen LogP contribution in [0.4, 0.5) is 10.1 Å². The summed E-state index contributed by atoms with van der Waals surface area (Å²) in [6.45, 7) is 2.42. The molecule has 0 radical (unpaired) electrons.